The van der Waals surface area contributed by atoms with Gasteiger partial charge in [0.2, 0.25) is 5.91 Å². The van der Waals surface area contributed by atoms with Gasteiger partial charge in [0.15, 0.2) is 6.10 Å². The topological polar surface area (TPSA) is 128 Å². The predicted molar refractivity (Wildman–Crippen MR) is 103 cm³/mol. The van der Waals surface area contributed by atoms with Crippen molar-refractivity contribution in [3.63, 3.8) is 0 Å². The molecule has 148 valence electrons. The Hall–Kier alpha value is -4.08. The summed E-state index contributed by atoms with van der Waals surface area (Å²) < 4.78 is 6.63. The second kappa shape index (κ2) is 8.74. The number of aromatic nitrogens is 4. The van der Waals surface area contributed by atoms with Gasteiger partial charge in [-0.15, -0.1) is 5.10 Å². The fourth-order valence-electron chi connectivity index (χ4n) is 2.48. The molecular formula is C19H18N6O4. The Morgan fingerprint density at radius 2 is 1.66 bits per heavy atom. The van der Waals surface area contributed by atoms with E-state index in [1.165, 1.54) is 24.9 Å². The van der Waals surface area contributed by atoms with Crippen LogP contribution in [0.4, 0.5) is 11.4 Å². The fourth-order valence-corrected chi connectivity index (χ4v) is 2.48. The second-order valence-electron chi connectivity index (χ2n) is 6.07. The van der Waals surface area contributed by atoms with E-state index in [9.17, 15) is 14.4 Å². The van der Waals surface area contributed by atoms with E-state index < -0.39 is 18.0 Å². The summed E-state index contributed by atoms with van der Waals surface area (Å²) in [6, 6.07) is 13.2. The number of tetrazole rings is 1. The number of ether oxygens (including phenoxy) is 1. The Bertz CT molecular complexity index is 1020. The van der Waals surface area contributed by atoms with E-state index in [0.29, 0.717) is 17.1 Å². The number of anilines is 2. The Labute approximate surface area is 165 Å². The number of benzene rings is 2. The highest BCUT2D eigenvalue weighted by Gasteiger charge is 2.21. The maximum absolute atomic E-state index is 12.6. The Morgan fingerprint density at radius 3 is 2.28 bits per heavy atom. The van der Waals surface area contributed by atoms with Gasteiger partial charge >= 0.3 is 5.97 Å². The average molecular weight is 394 g/mol. The summed E-state index contributed by atoms with van der Waals surface area (Å²) in [5.41, 5.74) is 1.76. The molecule has 2 aromatic carbocycles. The number of esters is 1. The van der Waals surface area contributed by atoms with Crippen molar-refractivity contribution < 1.29 is 19.1 Å². The quantitative estimate of drug-likeness (QED) is 0.610. The Balaban J connectivity index is 1.64. The molecular weight excluding hydrogens is 376 g/mol. The van der Waals surface area contributed by atoms with E-state index in [1.54, 1.807) is 48.5 Å². The SMILES string of the molecule is CC(=O)Nc1ccc(NC(=O)[C@H](C)OC(=O)c2ccccc2-n2cnnn2)cc1. The molecule has 10 heteroatoms. The van der Waals surface area contributed by atoms with Crippen molar-refractivity contribution in [2.75, 3.05) is 10.6 Å². The highest BCUT2D eigenvalue weighted by Crippen LogP contribution is 2.16. The van der Waals surface area contributed by atoms with Crippen LogP contribution in [0.5, 0.6) is 0 Å². The monoisotopic (exact) mass is 394 g/mol. The molecule has 0 bridgehead atoms. The number of carbonyl (C=O) groups excluding carboxylic acids is 3. The van der Waals surface area contributed by atoms with E-state index >= 15 is 0 Å². The van der Waals surface area contributed by atoms with Crippen LogP contribution in [-0.2, 0) is 14.3 Å². The zero-order valence-electron chi connectivity index (χ0n) is 15.7. The maximum Gasteiger partial charge on any atom is 0.341 e. The van der Waals surface area contributed by atoms with Crippen molar-refractivity contribution in [1.82, 2.24) is 20.2 Å². The van der Waals surface area contributed by atoms with Crippen LogP contribution in [0.25, 0.3) is 5.69 Å². The molecule has 0 aliphatic carbocycles. The van der Waals surface area contributed by atoms with Gasteiger partial charge in [0.25, 0.3) is 5.91 Å². The lowest BCUT2D eigenvalue weighted by Gasteiger charge is -2.15. The molecule has 10 nitrogen and oxygen atoms in total. The number of carbonyl (C=O) groups is 3. The fraction of sp³-hybridized carbons (Fsp3) is 0.158. The highest BCUT2D eigenvalue weighted by atomic mass is 16.5. The summed E-state index contributed by atoms with van der Waals surface area (Å²) >= 11 is 0. The summed E-state index contributed by atoms with van der Waals surface area (Å²) in [6.07, 6.45) is 0.312. The van der Waals surface area contributed by atoms with Crippen LogP contribution < -0.4 is 10.6 Å². The molecule has 1 aromatic heterocycles. The summed E-state index contributed by atoms with van der Waals surface area (Å²) in [7, 11) is 0. The lowest BCUT2D eigenvalue weighted by Crippen LogP contribution is -2.30. The lowest BCUT2D eigenvalue weighted by molar-refractivity contribution is -0.123. The van der Waals surface area contributed by atoms with Crippen LogP contribution in [0.2, 0.25) is 0 Å². The molecule has 1 heterocycles. The van der Waals surface area contributed by atoms with Crippen molar-refractivity contribution in [2.45, 2.75) is 20.0 Å². The zero-order chi connectivity index (χ0) is 20.8. The van der Waals surface area contributed by atoms with Crippen LogP contribution in [0.15, 0.2) is 54.9 Å². The minimum Gasteiger partial charge on any atom is -0.449 e. The van der Waals surface area contributed by atoms with Crippen LogP contribution in [-0.4, -0.2) is 44.1 Å². The molecule has 0 saturated heterocycles. The van der Waals surface area contributed by atoms with E-state index in [0.717, 1.165) is 0 Å². The first kappa shape index (κ1) is 19.7. The second-order valence-corrected chi connectivity index (χ2v) is 6.07. The number of rotatable bonds is 6. The number of nitrogens with one attached hydrogen (secondary N) is 2. The van der Waals surface area contributed by atoms with Gasteiger partial charge < -0.3 is 15.4 Å². The van der Waals surface area contributed by atoms with Crippen molar-refractivity contribution in [1.29, 1.82) is 0 Å². The van der Waals surface area contributed by atoms with E-state index in [2.05, 4.69) is 26.2 Å². The normalized spacial score (nSPS) is 11.4. The van der Waals surface area contributed by atoms with Crippen LogP contribution in [0.1, 0.15) is 24.2 Å². The minimum atomic E-state index is -1.04. The summed E-state index contributed by atoms with van der Waals surface area (Å²) in [6.45, 7) is 2.88. The number of nitrogens with zero attached hydrogens (tertiary/aromatic N) is 4. The third-order valence-corrected chi connectivity index (χ3v) is 3.85. The largest absolute Gasteiger partial charge is 0.449 e. The molecule has 0 unspecified atom stereocenters. The van der Waals surface area contributed by atoms with Crippen molar-refractivity contribution >= 4 is 29.2 Å². The van der Waals surface area contributed by atoms with Gasteiger partial charge in [0.05, 0.1) is 11.3 Å². The first-order valence-corrected chi connectivity index (χ1v) is 8.66. The smallest absolute Gasteiger partial charge is 0.341 e. The van der Waals surface area contributed by atoms with Crippen LogP contribution >= 0.6 is 0 Å². The van der Waals surface area contributed by atoms with Crippen molar-refractivity contribution in [2.24, 2.45) is 0 Å². The minimum absolute atomic E-state index is 0.190. The Kier molecular flexibility index (Phi) is 5.93. The van der Waals surface area contributed by atoms with Crippen LogP contribution in [0, 0.1) is 0 Å². The highest BCUT2D eigenvalue weighted by molar-refractivity contribution is 5.99. The molecule has 3 rings (SSSR count). The predicted octanol–water partition coefficient (Wildman–Crippen LogP) is 1.80. The van der Waals surface area contributed by atoms with E-state index in [4.69, 9.17) is 4.74 Å². The number of hydrogen-bond acceptors (Lipinski definition) is 7. The lowest BCUT2D eigenvalue weighted by atomic mass is 10.2. The van der Waals surface area contributed by atoms with Gasteiger partial charge in [-0.1, -0.05) is 12.1 Å². The van der Waals surface area contributed by atoms with E-state index in [-0.39, 0.29) is 11.5 Å². The number of para-hydroxylation sites is 1. The molecule has 29 heavy (non-hydrogen) atoms. The molecule has 0 spiro atoms. The Morgan fingerprint density at radius 1 is 1.00 bits per heavy atom. The average Bonchev–Trinajstić information content (AvgIpc) is 3.23. The first-order valence-electron chi connectivity index (χ1n) is 8.66. The summed E-state index contributed by atoms with van der Waals surface area (Å²) in [5, 5.41) is 16.2. The van der Waals surface area contributed by atoms with Crippen molar-refractivity contribution in [3.8, 4) is 5.69 Å². The molecule has 0 saturated carbocycles. The molecule has 0 radical (unpaired) electrons. The molecule has 2 amide bonds. The number of hydrogen-bond donors (Lipinski definition) is 2. The van der Waals surface area contributed by atoms with Gasteiger partial charge in [-0.3, -0.25) is 9.59 Å². The molecule has 3 aromatic rings. The summed E-state index contributed by atoms with van der Waals surface area (Å²) in [4.78, 5) is 36.0. The standard InChI is InChI=1S/C19H18N6O4/c1-12(18(27)22-15-9-7-14(8-10-15)21-13(2)26)29-19(28)16-5-3-4-6-17(16)25-11-20-23-24-25/h3-12H,1-2H3,(H,21,26)(H,22,27)/t12-/m0/s1. The van der Waals surface area contributed by atoms with Gasteiger partial charge in [-0.25, -0.2) is 4.79 Å². The molecule has 1 atom stereocenters. The van der Waals surface area contributed by atoms with Gasteiger partial charge in [0, 0.05) is 18.3 Å². The van der Waals surface area contributed by atoms with E-state index in [1.807, 2.05) is 0 Å². The zero-order valence-corrected chi connectivity index (χ0v) is 15.7. The van der Waals surface area contributed by atoms with Gasteiger partial charge in [0.1, 0.15) is 6.33 Å². The molecule has 0 aliphatic rings. The van der Waals surface area contributed by atoms with Crippen LogP contribution in [0.3, 0.4) is 0 Å². The molecule has 0 aliphatic heterocycles. The summed E-state index contributed by atoms with van der Waals surface area (Å²) in [5.74, 6) is -1.37. The first-order chi connectivity index (χ1) is 13.9. The maximum atomic E-state index is 12.6. The number of amides is 2. The third kappa shape index (κ3) is 5.01. The third-order valence-electron chi connectivity index (χ3n) is 3.85. The molecule has 2 N–H and O–H groups in total. The van der Waals surface area contributed by atoms with Gasteiger partial charge in [-0.2, -0.15) is 4.68 Å². The van der Waals surface area contributed by atoms with Gasteiger partial charge in [-0.05, 0) is 53.7 Å². The van der Waals surface area contributed by atoms with Crippen molar-refractivity contribution in [3.05, 3.63) is 60.4 Å². The molecule has 0 fully saturated rings.